The zero-order valence-electron chi connectivity index (χ0n) is 28.8. The van der Waals surface area contributed by atoms with E-state index in [0.717, 1.165) is 11.1 Å². The van der Waals surface area contributed by atoms with Gasteiger partial charge in [0.15, 0.2) is 17.9 Å². The molecular formula is C36H47NO12. The zero-order valence-corrected chi connectivity index (χ0v) is 28.8. The zero-order chi connectivity index (χ0) is 34.9. The van der Waals surface area contributed by atoms with Gasteiger partial charge in [-0.3, -0.25) is 9.69 Å². The molecule has 0 bridgehead atoms. The van der Waals surface area contributed by atoms with E-state index in [9.17, 15) is 14.7 Å². The summed E-state index contributed by atoms with van der Waals surface area (Å²) in [6.07, 6.45) is -8.10. The van der Waals surface area contributed by atoms with Crippen LogP contribution in [0.15, 0.2) is 60.7 Å². The van der Waals surface area contributed by atoms with Crippen molar-refractivity contribution in [3.8, 4) is 0 Å². The smallest absolute Gasteiger partial charge is 0.410 e. The van der Waals surface area contributed by atoms with E-state index in [1.165, 1.54) is 18.9 Å². The number of aliphatic hydroxyl groups is 1. The summed E-state index contributed by atoms with van der Waals surface area (Å²) >= 11 is 0. The Labute approximate surface area is 286 Å². The number of fused-ring (bicyclic) bond motifs is 2. The molecule has 13 nitrogen and oxygen atoms in total. The molecule has 2 aromatic rings. The first-order valence-corrected chi connectivity index (χ1v) is 16.7. The van der Waals surface area contributed by atoms with Crippen LogP contribution in [0.1, 0.15) is 52.2 Å². The Bertz CT molecular complexity index is 1420. The molecule has 4 saturated heterocycles. The van der Waals surface area contributed by atoms with Crippen molar-refractivity contribution in [2.75, 3.05) is 13.7 Å². The fourth-order valence-electron chi connectivity index (χ4n) is 7.22. The maximum atomic E-state index is 13.8. The highest BCUT2D eigenvalue weighted by atomic mass is 16.8. The third-order valence-corrected chi connectivity index (χ3v) is 9.19. The number of hydrogen-bond donors (Lipinski definition) is 1. The van der Waals surface area contributed by atoms with Crippen molar-refractivity contribution in [3.05, 3.63) is 71.8 Å². The van der Waals surface area contributed by atoms with Crippen molar-refractivity contribution in [1.82, 2.24) is 4.90 Å². The summed E-state index contributed by atoms with van der Waals surface area (Å²) < 4.78 is 55.1. The second-order valence-electron chi connectivity index (χ2n) is 13.8. The molecule has 1 amide bonds. The fourth-order valence-corrected chi connectivity index (χ4v) is 7.22. The van der Waals surface area contributed by atoms with Crippen LogP contribution < -0.4 is 0 Å². The minimum absolute atomic E-state index is 0.0213. The Balaban J connectivity index is 1.29. The van der Waals surface area contributed by atoms with Crippen LogP contribution in [0.5, 0.6) is 0 Å². The molecule has 0 aliphatic carbocycles. The standard InChI is InChI=1S/C36H47NO12/c1-21(38)44-26-18-37(34(40)43-20-23-15-11-8-12-16-23)24(27-29(26)47-35(2,3)46-27)17-25(39)28-30(42-19-22-13-9-7-10-14-22)31-32(33(41-6)45-28)49-36(4,5)48-31/h7-16,24-33,39H,17-20H2,1-6H3/t24-,25-,26-,27-,28-,29+,30-,31+,32+,33+/m1/s1. The van der Waals surface area contributed by atoms with Gasteiger partial charge in [0.25, 0.3) is 0 Å². The van der Waals surface area contributed by atoms with E-state index in [-0.39, 0.29) is 26.2 Å². The number of esters is 1. The second-order valence-corrected chi connectivity index (χ2v) is 13.8. The summed E-state index contributed by atoms with van der Waals surface area (Å²) in [6, 6.07) is 18.2. The summed E-state index contributed by atoms with van der Waals surface area (Å²) in [7, 11) is 1.50. The van der Waals surface area contributed by atoms with Gasteiger partial charge < -0.3 is 47.7 Å². The van der Waals surface area contributed by atoms with Crippen molar-refractivity contribution in [3.63, 3.8) is 0 Å². The molecule has 10 atom stereocenters. The average Bonchev–Trinajstić information content (AvgIpc) is 3.58. The number of rotatable bonds is 10. The molecule has 0 spiro atoms. The minimum Gasteiger partial charge on any atom is -0.458 e. The van der Waals surface area contributed by atoms with Crippen molar-refractivity contribution < 1.29 is 57.3 Å². The molecule has 49 heavy (non-hydrogen) atoms. The molecule has 0 saturated carbocycles. The van der Waals surface area contributed by atoms with Gasteiger partial charge in [0, 0.05) is 14.0 Å². The molecule has 0 radical (unpaired) electrons. The number of nitrogens with zero attached hydrogens (tertiary/aromatic N) is 1. The van der Waals surface area contributed by atoms with E-state index >= 15 is 0 Å². The highest BCUT2D eigenvalue weighted by Crippen LogP contribution is 2.43. The summed E-state index contributed by atoms with van der Waals surface area (Å²) in [5, 5.41) is 12.1. The van der Waals surface area contributed by atoms with E-state index in [1.807, 2.05) is 60.7 Å². The Hall–Kier alpha value is -3.14. The number of carbonyl (C=O) groups is 2. The largest absolute Gasteiger partial charge is 0.458 e. The maximum absolute atomic E-state index is 13.8. The third-order valence-electron chi connectivity index (χ3n) is 9.19. The first-order valence-electron chi connectivity index (χ1n) is 16.7. The minimum atomic E-state index is -1.22. The van der Waals surface area contributed by atoms with Crippen LogP contribution in [0.2, 0.25) is 0 Å². The van der Waals surface area contributed by atoms with Gasteiger partial charge >= 0.3 is 12.1 Å². The molecule has 6 rings (SSSR count). The Morgan fingerprint density at radius 1 is 0.857 bits per heavy atom. The Morgan fingerprint density at radius 2 is 1.43 bits per heavy atom. The molecule has 0 aromatic heterocycles. The van der Waals surface area contributed by atoms with E-state index in [0.29, 0.717) is 0 Å². The van der Waals surface area contributed by atoms with Crippen LogP contribution in [0.25, 0.3) is 0 Å². The average molecular weight is 686 g/mol. The predicted octanol–water partition coefficient (Wildman–Crippen LogP) is 3.69. The molecule has 1 N–H and O–H groups in total. The third kappa shape index (κ3) is 8.10. The molecule has 4 heterocycles. The molecule has 268 valence electrons. The first-order chi connectivity index (χ1) is 23.3. The molecule has 4 aliphatic heterocycles. The van der Waals surface area contributed by atoms with E-state index in [4.69, 9.17) is 42.6 Å². The summed E-state index contributed by atoms with van der Waals surface area (Å²) in [5.41, 5.74) is 1.73. The first kappa shape index (κ1) is 35.7. The number of amides is 1. The van der Waals surface area contributed by atoms with Gasteiger partial charge in [-0.15, -0.1) is 0 Å². The van der Waals surface area contributed by atoms with Crippen molar-refractivity contribution in [2.24, 2.45) is 0 Å². The number of likely N-dealkylation sites (tertiary alicyclic amines) is 1. The summed E-state index contributed by atoms with van der Waals surface area (Å²) in [6.45, 7) is 8.62. The second kappa shape index (κ2) is 14.6. The van der Waals surface area contributed by atoms with Crippen LogP contribution in [-0.4, -0.2) is 108 Å². The van der Waals surface area contributed by atoms with Gasteiger partial charge in [-0.05, 0) is 45.2 Å². The van der Waals surface area contributed by atoms with E-state index in [2.05, 4.69) is 0 Å². The fraction of sp³-hybridized carbons (Fsp3) is 0.611. The number of methoxy groups -OCH3 is 1. The van der Waals surface area contributed by atoms with Crippen LogP contribution in [0.3, 0.4) is 0 Å². The summed E-state index contributed by atoms with van der Waals surface area (Å²) in [4.78, 5) is 27.4. The van der Waals surface area contributed by atoms with Gasteiger partial charge in [-0.25, -0.2) is 4.79 Å². The van der Waals surface area contributed by atoms with Crippen molar-refractivity contribution >= 4 is 12.1 Å². The molecule has 0 unspecified atom stereocenters. The number of carbonyl (C=O) groups excluding carboxylic acids is 2. The normalized spacial score (nSPS) is 33.7. The highest BCUT2D eigenvalue weighted by Gasteiger charge is 2.60. The molecular weight excluding hydrogens is 638 g/mol. The van der Waals surface area contributed by atoms with Crippen LogP contribution in [-0.2, 0) is 60.6 Å². The van der Waals surface area contributed by atoms with Gasteiger partial charge in [0.05, 0.1) is 25.3 Å². The molecule has 13 heteroatoms. The summed E-state index contributed by atoms with van der Waals surface area (Å²) in [5.74, 6) is -2.53. The maximum Gasteiger partial charge on any atom is 0.410 e. The molecule has 4 aliphatic rings. The van der Waals surface area contributed by atoms with E-state index < -0.39 is 84.8 Å². The lowest BCUT2D eigenvalue weighted by atomic mass is 9.86. The predicted molar refractivity (Wildman–Crippen MR) is 172 cm³/mol. The van der Waals surface area contributed by atoms with Crippen LogP contribution >= 0.6 is 0 Å². The molecule has 2 aromatic carbocycles. The van der Waals surface area contributed by atoms with Crippen LogP contribution in [0.4, 0.5) is 4.79 Å². The van der Waals surface area contributed by atoms with Gasteiger partial charge in [0.1, 0.15) is 49.3 Å². The quantitative estimate of drug-likeness (QED) is 0.365. The number of piperidine rings is 1. The number of benzene rings is 2. The number of hydrogen-bond acceptors (Lipinski definition) is 12. The lowest BCUT2D eigenvalue weighted by Gasteiger charge is -2.47. The SMILES string of the molecule is CO[C@H]1O[C@H]([C@H](O)C[C@@H]2[C@H]3OC(C)(C)O[C@H]3[C@H](OC(C)=O)CN2C(=O)OCc2ccccc2)[C@@H](OCc2ccccc2)[C@@H]2OC(C)(C)O[C@H]12. The Morgan fingerprint density at radius 3 is 2.04 bits per heavy atom. The Kier molecular flexibility index (Phi) is 10.6. The van der Waals surface area contributed by atoms with Gasteiger partial charge in [0.2, 0.25) is 0 Å². The van der Waals surface area contributed by atoms with Crippen molar-refractivity contribution in [1.29, 1.82) is 0 Å². The van der Waals surface area contributed by atoms with Crippen LogP contribution in [0, 0.1) is 0 Å². The topological polar surface area (TPSA) is 141 Å². The number of aliphatic hydroxyl groups excluding tert-OH is 1. The van der Waals surface area contributed by atoms with Crippen molar-refractivity contribution in [2.45, 2.75) is 127 Å². The van der Waals surface area contributed by atoms with Gasteiger partial charge in [-0.1, -0.05) is 60.7 Å². The highest BCUT2D eigenvalue weighted by molar-refractivity contribution is 5.69. The lowest BCUT2D eigenvalue weighted by Crippen LogP contribution is -2.65. The number of ether oxygens (including phenoxy) is 9. The monoisotopic (exact) mass is 685 g/mol. The van der Waals surface area contributed by atoms with Gasteiger partial charge in [-0.2, -0.15) is 0 Å². The van der Waals surface area contributed by atoms with E-state index in [1.54, 1.807) is 27.7 Å². The molecule has 4 fully saturated rings. The lowest BCUT2D eigenvalue weighted by molar-refractivity contribution is -0.293.